The number of aldehydes is 1. The molecular formula is C21H24O3. The van der Waals surface area contributed by atoms with Crippen molar-refractivity contribution in [3.63, 3.8) is 0 Å². The Bertz CT molecular complexity index is 700. The predicted molar refractivity (Wildman–Crippen MR) is 97.1 cm³/mol. The number of carbonyl (C=O) groups excluding carboxylic acids is 1. The largest absolute Gasteiger partial charge is 0.493 e. The third kappa shape index (κ3) is 4.25. The molecule has 2 aromatic carbocycles. The van der Waals surface area contributed by atoms with Crippen LogP contribution in [0.3, 0.4) is 0 Å². The molecule has 0 radical (unpaired) electrons. The lowest BCUT2D eigenvalue weighted by Crippen LogP contribution is -2.02. The van der Waals surface area contributed by atoms with Gasteiger partial charge >= 0.3 is 0 Å². The fourth-order valence-electron chi connectivity index (χ4n) is 2.53. The summed E-state index contributed by atoms with van der Waals surface area (Å²) in [6.07, 6.45) is 3.21. The van der Waals surface area contributed by atoms with Gasteiger partial charge in [-0.15, -0.1) is 6.58 Å². The molecule has 0 aromatic heterocycles. The minimum Gasteiger partial charge on any atom is -0.493 e. The molecule has 0 unspecified atom stereocenters. The monoisotopic (exact) mass is 324 g/mol. The van der Waals surface area contributed by atoms with Gasteiger partial charge in [0, 0.05) is 11.1 Å². The van der Waals surface area contributed by atoms with Gasteiger partial charge < -0.3 is 9.47 Å². The van der Waals surface area contributed by atoms with Crippen LogP contribution in [0.25, 0.3) is 0 Å². The molecule has 0 heterocycles. The van der Waals surface area contributed by atoms with Crippen molar-refractivity contribution in [1.29, 1.82) is 0 Å². The van der Waals surface area contributed by atoms with Crippen molar-refractivity contribution < 1.29 is 14.3 Å². The number of rotatable bonds is 8. The maximum atomic E-state index is 11.1. The topological polar surface area (TPSA) is 35.5 Å². The summed E-state index contributed by atoms with van der Waals surface area (Å²) in [6, 6.07) is 11.9. The maximum absolute atomic E-state index is 11.1. The van der Waals surface area contributed by atoms with E-state index in [0.717, 1.165) is 17.4 Å². The van der Waals surface area contributed by atoms with Crippen molar-refractivity contribution in [3.8, 4) is 11.5 Å². The zero-order valence-corrected chi connectivity index (χ0v) is 14.5. The summed E-state index contributed by atoms with van der Waals surface area (Å²) >= 11 is 0. The molecule has 0 atom stereocenters. The van der Waals surface area contributed by atoms with E-state index in [1.54, 1.807) is 19.3 Å². The zero-order chi connectivity index (χ0) is 17.5. The van der Waals surface area contributed by atoms with Crippen molar-refractivity contribution in [3.05, 3.63) is 71.3 Å². The summed E-state index contributed by atoms with van der Waals surface area (Å²) in [5.41, 5.74) is 3.85. The van der Waals surface area contributed by atoms with Gasteiger partial charge in [0.25, 0.3) is 0 Å². The first-order chi connectivity index (χ1) is 11.6. The molecule has 3 heteroatoms. The molecule has 0 bridgehead atoms. The van der Waals surface area contributed by atoms with Crippen LogP contribution in [0.15, 0.2) is 49.1 Å². The summed E-state index contributed by atoms with van der Waals surface area (Å²) in [5, 5.41) is 0. The molecule has 126 valence electrons. The highest BCUT2D eigenvalue weighted by atomic mass is 16.5. The smallest absolute Gasteiger partial charge is 0.165 e. The van der Waals surface area contributed by atoms with Gasteiger partial charge in [-0.2, -0.15) is 0 Å². The van der Waals surface area contributed by atoms with Crippen LogP contribution < -0.4 is 9.47 Å². The van der Waals surface area contributed by atoms with Gasteiger partial charge in [0.15, 0.2) is 11.5 Å². The van der Waals surface area contributed by atoms with Crippen molar-refractivity contribution in [2.24, 2.45) is 0 Å². The Morgan fingerprint density at radius 1 is 1.17 bits per heavy atom. The lowest BCUT2D eigenvalue weighted by atomic mass is 10.0. The van der Waals surface area contributed by atoms with E-state index in [2.05, 4.69) is 44.7 Å². The fourth-order valence-corrected chi connectivity index (χ4v) is 2.53. The number of carbonyl (C=O) groups is 1. The highest BCUT2D eigenvalue weighted by Gasteiger charge is 2.13. The highest BCUT2D eigenvalue weighted by Crippen LogP contribution is 2.34. The lowest BCUT2D eigenvalue weighted by Gasteiger charge is -2.16. The van der Waals surface area contributed by atoms with Crippen LogP contribution in [-0.4, -0.2) is 13.4 Å². The second-order valence-corrected chi connectivity index (χ2v) is 6.01. The van der Waals surface area contributed by atoms with Gasteiger partial charge in [0.1, 0.15) is 12.9 Å². The van der Waals surface area contributed by atoms with E-state index < -0.39 is 0 Å². The Hall–Kier alpha value is -2.55. The first-order valence-corrected chi connectivity index (χ1v) is 8.07. The number of allylic oxidation sites excluding steroid dienone is 1. The van der Waals surface area contributed by atoms with Gasteiger partial charge in [-0.05, 0) is 35.6 Å². The Morgan fingerprint density at radius 3 is 2.42 bits per heavy atom. The molecule has 24 heavy (non-hydrogen) atoms. The molecule has 3 nitrogen and oxygen atoms in total. The van der Waals surface area contributed by atoms with E-state index in [1.165, 1.54) is 5.56 Å². The Balaban J connectivity index is 2.24. The molecule has 0 aliphatic carbocycles. The van der Waals surface area contributed by atoms with Crippen LogP contribution in [0, 0.1) is 0 Å². The van der Waals surface area contributed by atoms with Crippen molar-refractivity contribution in [2.75, 3.05) is 7.11 Å². The van der Waals surface area contributed by atoms with Gasteiger partial charge in [-0.25, -0.2) is 0 Å². The molecule has 0 aliphatic rings. The van der Waals surface area contributed by atoms with Crippen LogP contribution in [-0.2, 0) is 13.0 Å². The van der Waals surface area contributed by atoms with Crippen molar-refractivity contribution in [2.45, 2.75) is 32.8 Å². The Labute approximate surface area is 143 Å². The molecule has 0 aliphatic heterocycles. The number of hydrogen-bond acceptors (Lipinski definition) is 3. The quantitative estimate of drug-likeness (QED) is 0.510. The molecule has 0 fully saturated rings. The van der Waals surface area contributed by atoms with Crippen LogP contribution in [0.5, 0.6) is 11.5 Å². The Morgan fingerprint density at radius 2 is 1.88 bits per heavy atom. The summed E-state index contributed by atoms with van der Waals surface area (Å²) in [6.45, 7) is 8.56. The Kier molecular flexibility index (Phi) is 6.19. The standard InChI is InChI=1S/C21H24O3/c1-5-6-19-11-17(13-22)12-20(23-4)21(19)24-14-16-7-9-18(10-8-16)15(2)3/h5,7-13,15H,1,6,14H2,2-4H3. The van der Waals surface area contributed by atoms with E-state index in [4.69, 9.17) is 9.47 Å². The highest BCUT2D eigenvalue weighted by molar-refractivity contribution is 5.77. The van der Waals surface area contributed by atoms with E-state index in [1.807, 2.05) is 6.07 Å². The number of benzene rings is 2. The zero-order valence-electron chi connectivity index (χ0n) is 14.5. The second-order valence-electron chi connectivity index (χ2n) is 6.01. The molecule has 2 rings (SSSR count). The molecular weight excluding hydrogens is 300 g/mol. The molecule has 0 saturated heterocycles. The van der Waals surface area contributed by atoms with Crippen molar-refractivity contribution in [1.82, 2.24) is 0 Å². The fraction of sp³-hybridized carbons (Fsp3) is 0.286. The number of methoxy groups -OCH3 is 1. The first-order valence-electron chi connectivity index (χ1n) is 8.07. The van der Waals surface area contributed by atoms with E-state index in [-0.39, 0.29) is 0 Å². The average molecular weight is 324 g/mol. The van der Waals surface area contributed by atoms with Crippen LogP contribution >= 0.6 is 0 Å². The van der Waals surface area contributed by atoms with Gasteiger partial charge in [-0.3, -0.25) is 4.79 Å². The van der Waals surface area contributed by atoms with Crippen LogP contribution in [0.2, 0.25) is 0 Å². The summed E-state index contributed by atoms with van der Waals surface area (Å²) in [7, 11) is 1.58. The first kappa shape index (κ1) is 17.8. The molecule has 0 amide bonds. The van der Waals surface area contributed by atoms with E-state index in [9.17, 15) is 4.79 Å². The summed E-state index contributed by atoms with van der Waals surface area (Å²) < 4.78 is 11.4. The van der Waals surface area contributed by atoms with Gasteiger partial charge in [-0.1, -0.05) is 44.2 Å². The second kappa shape index (κ2) is 8.34. The SMILES string of the molecule is C=CCc1cc(C=O)cc(OC)c1OCc1ccc(C(C)C)cc1. The number of ether oxygens (including phenoxy) is 2. The van der Waals surface area contributed by atoms with Crippen LogP contribution in [0.4, 0.5) is 0 Å². The molecule has 0 spiro atoms. The van der Waals surface area contributed by atoms with Gasteiger partial charge in [0.2, 0.25) is 0 Å². The summed E-state index contributed by atoms with van der Waals surface area (Å²) in [5.74, 6) is 1.74. The number of hydrogen-bond donors (Lipinski definition) is 0. The predicted octanol–water partition coefficient (Wildman–Crippen LogP) is 4.94. The molecule has 0 N–H and O–H groups in total. The average Bonchev–Trinajstić information content (AvgIpc) is 2.60. The third-order valence-electron chi connectivity index (χ3n) is 3.90. The summed E-state index contributed by atoms with van der Waals surface area (Å²) in [4.78, 5) is 11.1. The lowest BCUT2D eigenvalue weighted by molar-refractivity contribution is 0.112. The van der Waals surface area contributed by atoms with Gasteiger partial charge in [0.05, 0.1) is 7.11 Å². The molecule has 0 saturated carbocycles. The minimum atomic E-state index is 0.444. The van der Waals surface area contributed by atoms with Crippen molar-refractivity contribution >= 4 is 6.29 Å². The normalized spacial score (nSPS) is 10.5. The third-order valence-corrected chi connectivity index (χ3v) is 3.90. The van der Waals surface area contributed by atoms with Crippen LogP contribution in [0.1, 0.15) is 46.8 Å². The molecule has 2 aromatic rings. The minimum absolute atomic E-state index is 0.444. The van der Waals surface area contributed by atoms with E-state index >= 15 is 0 Å². The van der Waals surface area contributed by atoms with E-state index in [0.29, 0.717) is 36.0 Å². The maximum Gasteiger partial charge on any atom is 0.165 e.